The zero-order valence-electron chi connectivity index (χ0n) is 11.3. The van der Waals surface area contributed by atoms with E-state index in [-0.39, 0.29) is 30.9 Å². The summed E-state index contributed by atoms with van der Waals surface area (Å²) in [6.45, 7) is 2.30. The van der Waals surface area contributed by atoms with Gasteiger partial charge in [0.25, 0.3) is 0 Å². The number of β-amino-alcohol motifs (C(OH)–C–C–N with tert-alkyl or cyclic N) is 1. The summed E-state index contributed by atoms with van der Waals surface area (Å²) < 4.78 is 0. The molecule has 0 saturated carbocycles. The molecule has 0 bridgehead atoms. The lowest BCUT2D eigenvalue weighted by Gasteiger charge is -2.27. The van der Waals surface area contributed by atoms with E-state index in [4.69, 9.17) is 5.11 Å². The van der Waals surface area contributed by atoms with Crippen LogP contribution in [0, 0.1) is 0 Å². The number of rotatable bonds is 2. The minimum atomic E-state index is -1.10. The number of hydrogen-bond donors (Lipinski definition) is 3. The number of carboxylic acids is 1. The van der Waals surface area contributed by atoms with Crippen LogP contribution >= 0.6 is 0 Å². The van der Waals surface area contributed by atoms with Crippen molar-refractivity contribution in [2.75, 3.05) is 19.6 Å². The lowest BCUT2D eigenvalue weighted by molar-refractivity contribution is -0.141. The van der Waals surface area contributed by atoms with Crippen molar-refractivity contribution in [2.24, 2.45) is 0 Å². The van der Waals surface area contributed by atoms with Gasteiger partial charge in [-0.05, 0) is 6.42 Å². The van der Waals surface area contributed by atoms with Gasteiger partial charge in [-0.1, -0.05) is 0 Å². The Balaban J connectivity index is 1.97. The Morgan fingerprint density at radius 1 is 1.25 bits per heavy atom. The minimum Gasteiger partial charge on any atom is -0.480 e. The SMILES string of the molecule is CC(=O)NC1CCN(C(=O)N2CC(O)C[C@H]2C(=O)O)C1. The maximum Gasteiger partial charge on any atom is 0.326 e. The quantitative estimate of drug-likeness (QED) is 0.592. The number of hydrogen-bond acceptors (Lipinski definition) is 4. The largest absolute Gasteiger partial charge is 0.480 e. The number of aliphatic carboxylic acids is 1. The van der Waals surface area contributed by atoms with Crippen molar-refractivity contribution in [3.05, 3.63) is 0 Å². The van der Waals surface area contributed by atoms with Crippen LogP contribution in [0.2, 0.25) is 0 Å². The molecule has 3 amide bonds. The number of carbonyl (C=O) groups excluding carboxylic acids is 2. The number of carbonyl (C=O) groups is 3. The second-order valence-corrected chi connectivity index (χ2v) is 5.31. The second-order valence-electron chi connectivity index (χ2n) is 5.31. The van der Waals surface area contributed by atoms with E-state index in [0.717, 1.165) is 0 Å². The average Bonchev–Trinajstić information content (AvgIpc) is 2.94. The van der Waals surface area contributed by atoms with E-state index in [2.05, 4.69) is 5.32 Å². The molecule has 2 unspecified atom stereocenters. The predicted molar refractivity (Wildman–Crippen MR) is 67.9 cm³/mol. The van der Waals surface area contributed by atoms with Gasteiger partial charge in [0.05, 0.1) is 6.10 Å². The number of nitrogens with one attached hydrogen (secondary N) is 1. The highest BCUT2D eigenvalue weighted by atomic mass is 16.4. The van der Waals surface area contributed by atoms with Gasteiger partial charge in [0, 0.05) is 39.0 Å². The van der Waals surface area contributed by atoms with Gasteiger partial charge >= 0.3 is 12.0 Å². The first-order valence-corrected chi connectivity index (χ1v) is 6.62. The first-order valence-electron chi connectivity index (χ1n) is 6.62. The predicted octanol–water partition coefficient (Wildman–Crippen LogP) is -1.16. The summed E-state index contributed by atoms with van der Waals surface area (Å²) in [5.41, 5.74) is 0. The van der Waals surface area contributed by atoms with Crippen molar-refractivity contribution in [3.63, 3.8) is 0 Å². The molecule has 2 aliphatic rings. The Labute approximate surface area is 116 Å². The molecule has 2 heterocycles. The Kier molecular flexibility index (Phi) is 4.12. The molecule has 2 saturated heterocycles. The summed E-state index contributed by atoms with van der Waals surface area (Å²) in [7, 11) is 0. The van der Waals surface area contributed by atoms with Crippen molar-refractivity contribution in [2.45, 2.75) is 38.0 Å². The molecule has 8 heteroatoms. The van der Waals surface area contributed by atoms with Gasteiger partial charge < -0.3 is 25.3 Å². The van der Waals surface area contributed by atoms with Crippen molar-refractivity contribution in [1.29, 1.82) is 0 Å². The lowest BCUT2D eigenvalue weighted by Crippen LogP contribution is -2.48. The van der Waals surface area contributed by atoms with Crippen molar-refractivity contribution >= 4 is 17.9 Å². The summed E-state index contributed by atoms with van der Waals surface area (Å²) in [5, 5.41) is 21.4. The summed E-state index contributed by atoms with van der Waals surface area (Å²) in [6, 6.07) is -1.45. The highest BCUT2D eigenvalue weighted by Gasteiger charge is 2.41. The van der Waals surface area contributed by atoms with Gasteiger partial charge in [0.15, 0.2) is 0 Å². The number of amides is 3. The van der Waals surface area contributed by atoms with Crippen LogP contribution in [0.5, 0.6) is 0 Å². The number of likely N-dealkylation sites (tertiary alicyclic amines) is 2. The Morgan fingerprint density at radius 2 is 1.95 bits per heavy atom. The summed E-state index contributed by atoms with van der Waals surface area (Å²) >= 11 is 0. The van der Waals surface area contributed by atoms with Gasteiger partial charge in [-0.2, -0.15) is 0 Å². The Morgan fingerprint density at radius 3 is 2.55 bits per heavy atom. The van der Waals surface area contributed by atoms with Crippen molar-refractivity contribution in [3.8, 4) is 0 Å². The molecule has 8 nitrogen and oxygen atoms in total. The van der Waals surface area contributed by atoms with E-state index < -0.39 is 18.1 Å². The van der Waals surface area contributed by atoms with E-state index in [1.165, 1.54) is 16.7 Å². The van der Waals surface area contributed by atoms with E-state index in [0.29, 0.717) is 19.5 Å². The third kappa shape index (κ3) is 3.01. The summed E-state index contributed by atoms with van der Waals surface area (Å²) in [4.78, 5) is 37.1. The number of carboxylic acid groups (broad SMARTS) is 1. The third-order valence-electron chi connectivity index (χ3n) is 3.68. The van der Waals surface area contributed by atoms with Gasteiger partial charge in [-0.25, -0.2) is 9.59 Å². The molecule has 2 fully saturated rings. The topological polar surface area (TPSA) is 110 Å². The molecule has 20 heavy (non-hydrogen) atoms. The molecule has 0 aromatic carbocycles. The van der Waals surface area contributed by atoms with Crippen LogP contribution in [0.1, 0.15) is 19.8 Å². The highest BCUT2D eigenvalue weighted by molar-refractivity contribution is 5.84. The molecule has 0 aliphatic carbocycles. The van der Waals surface area contributed by atoms with Crippen LogP contribution in [0.4, 0.5) is 4.79 Å². The standard InChI is InChI=1S/C12H19N3O5/c1-7(16)13-8-2-3-14(5-8)12(20)15-6-9(17)4-10(15)11(18)19/h8-10,17H,2-6H2,1H3,(H,13,16)(H,18,19)/t8?,9?,10-/m0/s1. The van der Waals surface area contributed by atoms with Gasteiger partial charge in [0.1, 0.15) is 6.04 Å². The monoisotopic (exact) mass is 285 g/mol. The van der Waals surface area contributed by atoms with E-state index >= 15 is 0 Å². The number of urea groups is 1. The summed E-state index contributed by atoms with van der Waals surface area (Å²) in [5.74, 6) is -1.25. The molecular weight excluding hydrogens is 266 g/mol. The van der Waals surface area contributed by atoms with Crippen LogP contribution in [0.15, 0.2) is 0 Å². The lowest BCUT2D eigenvalue weighted by atomic mass is 10.2. The van der Waals surface area contributed by atoms with Crippen LogP contribution in [0.25, 0.3) is 0 Å². The first kappa shape index (κ1) is 14.6. The fraction of sp³-hybridized carbons (Fsp3) is 0.750. The molecular formula is C12H19N3O5. The molecule has 0 aromatic rings. The fourth-order valence-corrected chi connectivity index (χ4v) is 2.78. The van der Waals surface area contributed by atoms with E-state index in [1.54, 1.807) is 0 Å². The molecule has 0 spiro atoms. The van der Waals surface area contributed by atoms with E-state index in [9.17, 15) is 19.5 Å². The van der Waals surface area contributed by atoms with Gasteiger partial charge in [0.2, 0.25) is 5.91 Å². The molecule has 3 atom stereocenters. The molecule has 0 aromatic heterocycles. The Hall–Kier alpha value is -1.83. The number of aliphatic hydroxyl groups excluding tert-OH is 1. The zero-order valence-corrected chi connectivity index (χ0v) is 11.3. The Bertz CT molecular complexity index is 427. The first-order chi connectivity index (χ1) is 9.38. The normalized spacial score (nSPS) is 29.6. The van der Waals surface area contributed by atoms with Gasteiger partial charge in [-0.15, -0.1) is 0 Å². The molecule has 0 radical (unpaired) electrons. The minimum absolute atomic E-state index is 0.0388. The van der Waals surface area contributed by atoms with Crippen LogP contribution in [-0.4, -0.2) is 75.7 Å². The average molecular weight is 285 g/mol. The molecule has 112 valence electrons. The van der Waals surface area contributed by atoms with Crippen molar-refractivity contribution < 1.29 is 24.6 Å². The molecule has 2 rings (SSSR count). The van der Waals surface area contributed by atoms with Crippen molar-refractivity contribution in [1.82, 2.24) is 15.1 Å². The zero-order chi connectivity index (χ0) is 14.9. The second kappa shape index (κ2) is 5.66. The maximum absolute atomic E-state index is 12.3. The molecule has 2 aliphatic heterocycles. The number of aliphatic hydroxyl groups is 1. The fourth-order valence-electron chi connectivity index (χ4n) is 2.78. The number of nitrogens with zero attached hydrogens (tertiary/aromatic N) is 2. The van der Waals surface area contributed by atoms with Crippen LogP contribution < -0.4 is 5.32 Å². The smallest absolute Gasteiger partial charge is 0.326 e. The highest BCUT2D eigenvalue weighted by Crippen LogP contribution is 2.22. The third-order valence-corrected chi connectivity index (χ3v) is 3.68. The summed E-state index contributed by atoms with van der Waals surface area (Å²) in [6.07, 6.45) is -0.0856. The van der Waals surface area contributed by atoms with E-state index in [1.807, 2.05) is 0 Å². The van der Waals surface area contributed by atoms with Crippen LogP contribution in [0.3, 0.4) is 0 Å². The molecule has 3 N–H and O–H groups in total. The van der Waals surface area contributed by atoms with Gasteiger partial charge in [-0.3, -0.25) is 4.79 Å². The van der Waals surface area contributed by atoms with Crippen LogP contribution in [-0.2, 0) is 9.59 Å². The maximum atomic E-state index is 12.3.